The molecule has 0 atom stereocenters. The number of imidazole rings is 1. The van der Waals surface area contributed by atoms with Crippen molar-refractivity contribution in [2.75, 3.05) is 6.54 Å². The zero-order valence-corrected chi connectivity index (χ0v) is 17.6. The van der Waals surface area contributed by atoms with Crippen LogP contribution in [-0.2, 0) is 19.5 Å². The summed E-state index contributed by atoms with van der Waals surface area (Å²) in [6.45, 7) is 2.92. The fraction of sp³-hybridized carbons (Fsp3) is 0.308. The minimum atomic E-state index is 0.138. The van der Waals surface area contributed by atoms with Crippen molar-refractivity contribution in [3.05, 3.63) is 107 Å². The largest absolute Gasteiger partial charge is 0.330 e. The average molecular weight is 410 g/mol. The van der Waals surface area contributed by atoms with Crippen molar-refractivity contribution in [2.45, 2.75) is 44.3 Å². The summed E-state index contributed by atoms with van der Waals surface area (Å²) in [5.74, 6) is 0.138. The molecule has 1 N–H and O–H groups in total. The van der Waals surface area contributed by atoms with Gasteiger partial charge in [0.05, 0.1) is 23.6 Å². The lowest BCUT2D eigenvalue weighted by molar-refractivity contribution is 0.237. The fourth-order valence-corrected chi connectivity index (χ4v) is 4.91. The summed E-state index contributed by atoms with van der Waals surface area (Å²) in [4.78, 5) is 6.97. The van der Waals surface area contributed by atoms with Crippen LogP contribution in [0.1, 0.15) is 58.6 Å². The summed E-state index contributed by atoms with van der Waals surface area (Å²) in [6, 6.07) is 22.2. The van der Waals surface area contributed by atoms with Crippen LogP contribution in [0, 0.1) is 0 Å². The molecule has 1 saturated carbocycles. The second-order valence-corrected chi connectivity index (χ2v) is 8.80. The van der Waals surface area contributed by atoms with Crippen LogP contribution < -0.4 is 0 Å². The molecule has 0 spiro atoms. The maximum Gasteiger partial charge on any atom is 0.0951 e. The topological polar surface area (TPSA) is 49.7 Å². The Morgan fingerprint density at radius 1 is 0.968 bits per heavy atom. The Morgan fingerprint density at radius 3 is 2.35 bits per heavy atom. The number of aromatic amines is 1. The van der Waals surface area contributed by atoms with Crippen LogP contribution in [0.3, 0.4) is 0 Å². The number of H-pyrrole nitrogens is 1. The van der Waals surface area contributed by atoms with Crippen LogP contribution in [0.2, 0.25) is 0 Å². The van der Waals surface area contributed by atoms with Crippen LogP contribution in [0.25, 0.3) is 0 Å². The number of hydrogen-bond acceptors (Lipinski definition) is 3. The summed E-state index contributed by atoms with van der Waals surface area (Å²) < 4.78 is 2.38. The molecule has 0 bridgehead atoms. The van der Waals surface area contributed by atoms with Crippen LogP contribution in [0.4, 0.5) is 0 Å². The lowest BCUT2D eigenvalue weighted by Gasteiger charge is -2.28. The first-order valence-corrected chi connectivity index (χ1v) is 11.3. The van der Waals surface area contributed by atoms with E-state index < -0.39 is 0 Å². The highest BCUT2D eigenvalue weighted by Crippen LogP contribution is 2.37. The Labute approximate surface area is 182 Å². The third kappa shape index (κ3) is 3.59. The van der Waals surface area contributed by atoms with E-state index in [-0.39, 0.29) is 5.92 Å². The second kappa shape index (κ2) is 7.82. The van der Waals surface area contributed by atoms with Crippen LogP contribution in [-0.4, -0.2) is 31.2 Å². The molecule has 6 rings (SSSR count). The average Bonchev–Trinajstić information content (AvgIpc) is 3.43. The van der Waals surface area contributed by atoms with E-state index in [1.165, 1.54) is 40.9 Å². The quantitative estimate of drug-likeness (QED) is 0.503. The maximum atomic E-state index is 4.87. The van der Waals surface area contributed by atoms with Crippen molar-refractivity contribution in [2.24, 2.45) is 0 Å². The normalized spacial score (nSPS) is 16.5. The molecule has 156 valence electrons. The SMILES string of the molecule is c1ccc(C(c2ccccc2)c2n[nH]c3c2CN(Cc2cncn2C2CC2)CC3)cc1. The molecule has 0 radical (unpaired) electrons. The molecule has 1 fully saturated rings. The summed E-state index contributed by atoms with van der Waals surface area (Å²) in [5, 5.41) is 8.24. The van der Waals surface area contributed by atoms with Gasteiger partial charge in [0, 0.05) is 49.6 Å². The Hall–Kier alpha value is -3.18. The first-order valence-electron chi connectivity index (χ1n) is 11.3. The minimum Gasteiger partial charge on any atom is -0.330 e. The van der Waals surface area contributed by atoms with Gasteiger partial charge in [-0.2, -0.15) is 5.10 Å². The highest BCUT2D eigenvalue weighted by atomic mass is 15.2. The third-order valence-corrected chi connectivity index (χ3v) is 6.66. The number of benzene rings is 2. The molecule has 2 aliphatic rings. The summed E-state index contributed by atoms with van der Waals surface area (Å²) in [6.07, 6.45) is 7.63. The fourth-order valence-electron chi connectivity index (χ4n) is 4.91. The number of nitrogens with zero attached hydrogens (tertiary/aromatic N) is 4. The zero-order valence-electron chi connectivity index (χ0n) is 17.6. The zero-order chi connectivity index (χ0) is 20.6. The first-order chi connectivity index (χ1) is 15.4. The Kier molecular flexibility index (Phi) is 4.69. The summed E-state index contributed by atoms with van der Waals surface area (Å²) in [5.41, 5.74) is 7.71. The van der Waals surface area contributed by atoms with Gasteiger partial charge >= 0.3 is 0 Å². The first kappa shape index (κ1) is 18.6. The maximum absolute atomic E-state index is 4.87. The van der Waals surface area contributed by atoms with E-state index in [4.69, 9.17) is 5.10 Å². The second-order valence-electron chi connectivity index (χ2n) is 8.80. The van der Waals surface area contributed by atoms with Gasteiger partial charge in [-0.1, -0.05) is 60.7 Å². The molecule has 2 aromatic carbocycles. The van der Waals surface area contributed by atoms with E-state index >= 15 is 0 Å². The summed E-state index contributed by atoms with van der Waals surface area (Å²) in [7, 11) is 0. The van der Waals surface area contributed by atoms with Gasteiger partial charge in [-0.3, -0.25) is 10.00 Å². The highest BCUT2D eigenvalue weighted by molar-refractivity contribution is 5.45. The summed E-state index contributed by atoms with van der Waals surface area (Å²) >= 11 is 0. The van der Waals surface area contributed by atoms with Crippen LogP contribution >= 0.6 is 0 Å². The molecule has 0 unspecified atom stereocenters. The molecule has 4 aromatic rings. The van der Waals surface area contributed by atoms with Gasteiger partial charge in [0.15, 0.2) is 0 Å². The molecule has 0 saturated heterocycles. The van der Waals surface area contributed by atoms with Crippen LogP contribution in [0.5, 0.6) is 0 Å². The third-order valence-electron chi connectivity index (χ3n) is 6.66. The standard InChI is InChI=1S/C26H27N5/c1-3-7-19(8-4-1)25(20-9-5-2-6-10-20)26-23-17-30(14-13-24(23)28-29-26)16-22-15-27-18-31(22)21-11-12-21/h1-10,15,18,21,25H,11-14,16-17H2,(H,28,29). The van der Waals surface area contributed by atoms with Gasteiger partial charge in [-0.25, -0.2) is 4.98 Å². The number of hydrogen-bond donors (Lipinski definition) is 1. The highest BCUT2D eigenvalue weighted by Gasteiger charge is 2.30. The van der Waals surface area contributed by atoms with Crippen molar-refractivity contribution in [3.8, 4) is 0 Å². The Morgan fingerprint density at radius 2 is 1.68 bits per heavy atom. The van der Waals surface area contributed by atoms with Crippen molar-refractivity contribution < 1.29 is 0 Å². The van der Waals surface area contributed by atoms with Crippen molar-refractivity contribution in [1.29, 1.82) is 0 Å². The van der Waals surface area contributed by atoms with Gasteiger partial charge in [0.2, 0.25) is 0 Å². The van der Waals surface area contributed by atoms with E-state index in [1.54, 1.807) is 0 Å². The minimum absolute atomic E-state index is 0.138. The van der Waals surface area contributed by atoms with Gasteiger partial charge in [0.25, 0.3) is 0 Å². The van der Waals surface area contributed by atoms with Gasteiger partial charge in [-0.05, 0) is 24.0 Å². The predicted molar refractivity (Wildman–Crippen MR) is 121 cm³/mol. The van der Waals surface area contributed by atoms with Crippen molar-refractivity contribution >= 4 is 0 Å². The molecular formula is C26H27N5. The smallest absolute Gasteiger partial charge is 0.0951 e. The van der Waals surface area contributed by atoms with E-state index in [9.17, 15) is 0 Å². The molecule has 0 amide bonds. The molecule has 2 aromatic heterocycles. The van der Waals surface area contributed by atoms with Gasteiger partial charge in [-0.15, -0.1) is 0 Å². The molecule has 1 aliphatic carbocycles. The Bertz CT molecular complexity index is 1120. The molecule has 5 heteroatoms. The monoisotopic (exact) mass is 409 g/mol. The number of fused-ring (bicyclic) bond motifs is 1. The molecule has 3 heterocycles. The van der Waals surface area contributed by atoms with E-state index in [0.717, 1.165) is 31.7 Å². The van der Waals surface area contributed by atoms with Gasteiger partial charge < -0.3 is 4.57 Å². The van der Waals surface area contributed by atoms with Crippen molar-refractivity contribution in [1.82, 2.24) is 24.6 Å². The number of nitrogens with one attached hydrogen (secondary N) is 1. The lowest BCUT2D eigenvalue weighted by atomic mass is 9.85. The molecule has 31 heavy (non-hydrogen) atoms. The van der Waals surface area contributed by atoms with Crippen LogP contribution in [0.15, 0.2) is 73.2 Å². The Balaban J connectivity index is 1.33. The lowest BCUT2D eigenvalue weighted by Crippen LogP contribution is -2.31. The van der Waals surface area contributed by atoms with E-state index in [1.807, 2.05) is 12.5 Å². The number of rotatable bonds is 6. The molecular weight excluding hydrogens is 382 g/mol. The predicted octanol–water partition coefficient (Wildman–Crippen LogP) is 4.68. The molecule has 5 nitrogen and oxygen atoms in total. The van der Waals surface area contributed by atoms with Crippen molar-refractivity contribution in [3.63, 3.8) is 0 Å². The van der Waals surface area contributed by atoms with E-state index in [2.05, 4.69) is 80.2 Å². The van der Waals surface area contributed by atoms with E-state index in [0.29, 0.717) is 6.04 Å². The number of aromatic nitrogens is 4. The molecule has 1 aliphatic heterocycles. The van der Waals surface area contributed by atoms with Gasteiger partial charge in [0.1, 0.15) is 0 Å².